The number of morpholine rings is 1. The second kappa shape index (κ2) is 7.79. The van der Waals surface area contributed by atoms with Crippen LogP contribution in [0.5, 0.6) is 5.75 Å². The molecule has 0 radical (unpaired) electrons. The van der Waals surface area contributed by atoms with Crippen LogP contribution in [0.1, 0.15) is 5.56 Å². The minimum atomic E-state index is -0.0795. The third kappa shape index (κ3) is 4.23. The molecule has 1 aliphatic rings. The molecule has 1 aromatic heterocycles. The molecule has 126 valence electrons. The van der Waals surface area contributed by atoms with Gasteiger partial charge in [-0.15, -0.1) is 0 Å². The van der Waals surface area contributed by atoms with E-state index in [-0.39, 0.29) is 5.91 Å². The van der Waals surface area contributed by atoms with Crippen molar-refractivity contribution in [2.24, 2.45) is 0 Å². The minimum Gasteiger partial charge on any atom is -0.497 e. The molecule has 0 bridgehead atoms. The quantitative estimate of drug-likeness (QED) is 0.911. The summed E-state index contributed by atoms with van der Waals surface area (Å²) >= 11 is 0. The summed E-state index contributed by atoms with van der Waals surface area (Å²) in [7, 11) is 1.61. The van der Waals surface area contributed by atoms with Gasteiger partial charge in [0, 0.05) is 13.1 Å². The number of aromatic nitrogens is 1. The second-order valence-electron chi connectivity index (χ2n) is 5.58. The summed E-state index contributed by atoms with van der Waals surface area (Å²) in [6.07, 6.45) is 1.98. The lowest BCUT2D eigenvalue weighted by molar-refractivity contribution is -0.115. The Hall–Kier alpha value is -2.60. The maximum atomic E-state index is 12.2. The molecular formula is C18H21N3O3. The number of amides is 1. The van der Waals surface area contributed by atoms with E-state index in [0.29, 0.717) is 12.1 Å². The van der Waals surface area contributed by atoms with Crippen molar-refractivity contribution in [2.75, 3.05) is 43.6 Å². The van der Waals surface area contributed by atoms with Gasteiger partial charge in [0.1, 0.15) is 11.6 Å². The van der Waals surface area contributed by atoms with E-state index in [1.807, 2.05) is 36.4 Å². The normalized spacial score (nSPS) is 14.3. The van der Waals surface area contributed by atoms with Gasteiger partial charge in [0.15, 0.2) is 0 Å². The number of carbonyl (C=O) groups is 1. The number of carbonyl (C=O) groups excluding carboxylic acids is 1. The summed E-state index contributed by atoms with van der Waals surface area (Å²) in [6, 6.07) is 11.3. The number of anilines is 2. The zero-order valence-electron chi connectivity index (χ0n) is 13.7. The summed E-state index contributed by atoms with van der Waals surface area (Å²) in [5.41, 5.74) is 1.60. The lowest BCUT2D eigenvalue weighted by Crippen LogP contribution is -2.36. The van der Waals surface area contributed by atoms with E-state index in [4.69, 9.17) is 9.47 Å². The van der Waals surface area contributed by atoms with E-state index in [9.17, 15) is 4.79 Å². The fourth-order valence-corrected chi connectivity index (χ4v) is 2.61. The average molecular weight is 327 g/mol. The highest BCUT2D eigenvalue weighted by atomic mass is 16.5. The van der Waals surface area contributed by atoms with Crippen LogP contribution in [0.15, 0.2) is 42.6 Å². The van der Waals surface area contributed by atoms with Crippen LogP contribution in [0.4, 0.5) is 11.5 Å². The Kier molecular flexibility index (Phi) is 5.28. The van der Waals surface area contributed by atoms with Crippen LogP contribution in [0, 0.1) is 0 Å². The zero-order valence-corrected chi connectivity index (χ0v) is 13.7. The third-order valence-electron chi connectivity index (χ3n) is 3.87. The lowest BCUT2D eigenvalue weighted by atomic mass is 10.1. The molecule has 6 heteroatoms. The third-order valence-corrected chi connectivity index (χ3v) is 3.87. The minimum absolute atomic E-state index is 0.0795. The first-order valence-corrected chi connectivity index (χ1v) is 7.96. The average Bonchev–Trinajstić information content (AvgIpc) is 2.63. The van der Waals surface area contributed by atoms with Crippen molar-refractivity contribution in [1.29, 1.82) is 0 Å². The van der Waals surface area contributed by atoms with Gasteiger partial charge in [-0.2, -0.15) is 0 Å². The summed E-state index contributed by atoms with van der Waals surface area (Å²) in [5, 5.41) is 2.87. The van der Waals surface area contributed by atoms with Gasteiger partial charge in [-0.3, -0.25) is 4.79 Å². The molecule has 2 aromatic rings. The first-order chi connectivity index (χ1) is 11.7. The van der Waals surface area contributed by atoms with Gasteiger partial charge in [-0.1, -0.05) is 12.1 Å². The van der Waals surface area contributed by atoms with Crippen LogP contribution in [-0.2, 0) is 16.0 Å². The van der Waals surface area contributed by atoms with Crippen LogP contribution in [0.25, 0.3) is 0 Å². The SMILES string of the molecule is COc1cccc(CC(=O)Nc2ccc(N3CCOCC3)nc2)c1. The van der Waals surface area contributed by atoms with E-state index in [2.05, 4.69) is 15.2 Å². The van der Waals surface area contributed by atoms with E-state index in [0.717, 1.165) is 43.4 Å². The Morgan fingerprint density at radius 1 is 1.29 bits per heavy atom. The molecule has 2 heterocycles. The standard InChI is InChI=1S/C18H21N3O3/c1-23-16-4-2-3-14(11-16)12-18(22)20-15-5-6-17(19-13-15)21-7-9-24-10-8-21/h2-6,11,13H,7-10,12H2,1H3,(H,20,22). The summed E-state index contributed by atoms with van der Waals surface area (Å²) in [5.74, 6) is 1.57. The molecule has 0 spiro atoms. The van der Waals surface area contributed by atoms with Crippen LogP contribution < -0.4 is 15.0 Å². The summed E-state index contributed by atoms with van der Waals surface area (Å²) < 4.78 is 10.5. The highest BCUT2D eigenvalue weighted by Crippen LogP contribution is 2.17. The van der Waals surface area contributed by atoms with Gasteiger partial charge in [0.2, 0.25) is 5.91 Å². The van der Waals surface area contributed by atoms with Crippen LogP contribution in [0.2, 0.25) is 0 Å². The highest BCUT2D eigenvalue weighted by molar-refractivity contribution is 5.92. The Morgan fingerprint density at radius 2 is 2.12 bits per heavy atom. The van der Waals surface area contributed by atoms with E-state index in [1.165, 1.54) is 0 Å². The van der Waals surface area contributed by atoms with Gasteiger partial charge < -0.3 is 19.7 Å². The van der Waals surface area contributed by atoms with Gasteiger partial charge in [0.25, 0.3) is 0 Å². The fraction of sp³-hybridized carbons (Fsp3) is 0.333. The maximum Gasteiger partial charge on any atom is 0.228 e. The van der Waals surface area contributed by atoms with Crippen molar-refractivity contribution in [2.45, 2.75) is 6.42 Å². The van der Waals surface area contributed by atoms with E-state index >= 15 is 0 Å². The molecule has 0 aliphatic carbocycles. The molecule has 1 aliphatic heterocycles. The first-order valence-electron chi connectivity index (χ1n) is 7.96. The number of benzene rings is 1. The smallest absolute Gasteiger partial charge is 0.228 e. The molecule has 1 saturated heterocycles. The van der Waals surface area contributed by atoms with E-state index in [1.54, 1.807) is 13.3 Å². The van der Waals surface area contributed by atoms with Crippen molar-refractivity contribution in [3.8, 4) is 5.75 Å². The number of nitrogens with one attached hydrogen (secondary N) is 1. The number of nitrogens with zero attached hydrogens (tertiary/aromatic N) is 2. The number of hydrogen-bond acceptors (Lipinski definition) is 5. The molecule has 1 amide bonds. The van der Waals surface area contributed by atoms with Gasteiger partial charge in [-0.25, -0.2) is 4.98 Å². The Labute approximate surface area is 141 Å². The Bertz CT molecular complexity index is 682. The molecule has 1 N–H and O–H groups in total. The molecule has 0 unspecified atom stereocenters. The molecule has 0 atom stereocenters. The van der Waals surface area contributed by atoms with Gasteiger partial charge in [-0.05, 0) is 29.8 Å². The number of pyridine rings is 1. The first kappa shape index (κ1) is 16.3. The number of methoxy groups -OCH3 is 1. The molecule has 3 rings (SSSR count). The molecule has 1 fully saturated rings. The summed E-state index contributed by atoms with van der Waals surface area (Å²) in [6.45, 7) is 3.13. The number of rotatable bonds is 5. The molecule has 24 heavy (non-hydrogen) atoms. The van der Waals surface area contributed by atoms with Crippen molar-refractivity contribution in [3.63, 3.8) is 0 Å². The largest absolute Gasteiger partial charge is 0.497 e. The predicted molar refractivity (Wildman–Crippen MR) is 92.6 cm³/mol. The monoisotopic (exact) mass is 327 g/mol. The number of ether oxygens (including phenoxy) is 2. The highest BCUT2D eigenvalue weighted by Gasteiger charge is 2.12. The lowest BCUT2D eigenvalue weighted by Gasteiger charge is -2.27. The van der Waals surface area contributed by atoms with Crippen LogP contribution in [0.3, 0.4) is 0 Å². The van der Waals surface area contributed by atoms with Crippen LogP contribution >= 0.6 is 0 Å². The predicted octanol–water partition coefficient (Wildman–Crippen LogP) is 2.11. The zero-order chi connectivity index (χ0) is 16.8. The molecule has 1 aromatic carbocycles. The maximum absolute atomic E-state index is 12.2. The Morgan fingerprint density at radius 3 is 2.83 bits per heavy atom. The fourth-order valence-electron chi connectivity index (χ4n) is 2.61. The Balaban J connectivity index is 1.57. The van der Waals surface area contributed by atoms with Crippen molar-refractivity contribution < 1.29 is 14.3 Å². The number of hydrogen-bond donors (Lipinski definition) is 1. The second-order valence-corrected chi connectivity index (χ2v) is 5.58. The van der Waals surface area contributed by atoms with Crippen molar-refractivity contribution >= 4 is 17.4 Å². The van der Waals surface area contributed by atoms with Crippen molar-refractivity contribution in [1.82, 2.24) is 4.98 Å². The van der Waals surface area contributed by atoms with Crippen LogP contribution in [-0.4, -0.2) is 44.3 Å². The molecular weight excluding hydrogens is 306 g/mol. The van der Waals surface area contributed by atoms with Gasteiger partial charge >= 0.3 is 0 Å². The van der Waals surface area contributed by atoms with Gasteiger partial charge in [0.05, 0.1) is 38.6 Å². The van der Waals surface area contributed by atoms with E-state index < -0.39 is 0 Å². The molecule has 0 saturated carbocycles. The molecule has 6 nitrogen and oxygen atoms in total. The van der Waals surface area contributed by atoms with Crippen molar-refractivity contribution in [3.05, 3.63) is 48.2 Å². The summed E-state index contributed by atoms with van der Waals surface area (Å²) in [4.78, 5) is 18.8. The topological polar surface area (TPSA) is 63.7 Å².